The summed E-state index contributed by atoms with van der Waals surface area (Å²) < 4.78 is 0. The van der Waals surface area contributed by atoms with Gasteiger partial charge in [-0.3, -0.25) is 4.98 Å². The molecule has 2 atom stereocenters. The maximum Gasteiger partial charge on any atom is 0.0603 e. The average Bonchev–Trinajstić information content (AvgIpc) is 2.40. The van der Waals surface area contributed by atoms with E-state index in [0.29, 0.717) is 12.1 Å². The number of anilines is 1. The normalized spacial score (nSPS) is 30.5. The zero-order valence-electron chi connectivity index (χ0n) is 13.0. The molecule has 20 heavy (non-hydrogen) atoms. The number of nitrogens with one attached hydrogen (secondary N) is 1. The van der Waals surface area contributed by atoms with Crippen LogP contribution in [0.3, 0.4) is 0 Å². The molecule has 1 aromatic heterocycles. The van der Waals surface area contributed by atoms with E-state index >= 15 is 0 Å². The Labute approximate surface area is 122 Å². The van der Waals surface area contributed by atoms with Gasteiger partial charge in [-0.05, 0) is 57.6 Å². The smallest absolute Gasteiger partial charge is 0.0603 e. The van der Waals surface area contributed by atoms with E-state index in [4.69, 9.17) is 0 Å². The highest BCUT2D eigenvalue weighted by atomic mass is 15.2. The Hall–Kier alpha value is -1.09. The van der Waals surface area contributed by atoms with Crippen LogP contribution < -0.4 is 5.32 Å². The second-order valence-electron chi connectivity index (χ2n) is 6.81. The maximum atomic E-state index is 4.41. The third kappa shape index (κ3) is 2.69. The molecule has 0 amide bonds. The largest absolute Gasteiger partial charge is 0.380 e. The zero-order chi connectivity index (χ0) is 14.1. The fourth-order valence-electron chi connectivity index (χ4n) is 3.95. The van der Waals surface area contributed by atoms with Gasteiger partial charge in [0, 0.05) is 31.4 Å². The SMILES string of the molecule is Cc1ncccc1NC1C2CCCC1CN(C(C)C)C2. The van der Waals surface area contributed by atoms with Crippen molar-refractivity contribution < 1.29 is 0 Å². The van der Waals surface area contributed by atoms with Gasteiger partial charge in [-0.1, -0.05) is 6.42 Å². The molecule has 1 saturated carbocycles. The predicted molar refractivity (Wildman–Crippen MR) is 83.9 cm³/mol. The lowest BCUT2D eigenvalue weighted by Gasteiger charge is -2.49. The number of hydrogen-bond acceptors (Lipinski definition) is 3. The summed E-state index contributed by atoms with van der Waals surface area (Å²) in [7, 11) is 0. The first-order chi connectivity index (χ1) is 9.65. The fourth-order valence-corrected chi connectivity index (χ4v) is 3.95. The third-order valence-electron chi connectivity index (χ3n) is 5.16. The van der Waals surface area contributed by atoms with Crippen LogP contribution >= 0.6 is 0 Å². The summed E-state index contributed by atoms with van der Waals surface area (Å²) in [5.41, 5.74) is 2.35. The molecule has 1 saturated heterocycles. The van der Waals surface area contributed by atoms with Crippen molar-refractivity contribution in [2.45, 2.75) is 52.1 Å². The van der Waals surface area contributed by atoms with E-state index in [9.17, 15) is 0 Å². The monoisotopic (exact) mass is 273 g/mol. The van der Waals surface area contributed by atoms with Crippen LogP contribution in [0.4, 0.5) is 5.69 Å². The lowest BCUT2D eigenvalue weighted by molar-refractivity contribution is 0.0518. The van der Waals surface area contributed by atoms with Crippen LogP contribution in [-0.4, -0.2) is 35.1 Å². The Kier molecular flexibility index (Phi) is 3.97. The van der Waals surface area contributed by atoms with Gasteiger partial charge >= 0.3 is 0 Å². The molecule has 110 valence electrons. The van der Waals surface area contributed by atoms with Gasteiger partial charge in [0.25, 0.3) is 0 Å². The highest BCUT2D eigenvalue weighted by molar-refractivity contribution is 5.48. The summed E-state index contributed by atoms with van der Waals surface area (Å²) in [6.45, 7) is 9.27. The van der Waals surface area contributed by atoms with Crippen molar-refractivity contribution in [3.63, 3.8) is 0 Å². The van der Waals surface area contributed by atoms with Crippen molar-refractivity contribution in [1.29, 1.82) is 0 Å². The molecule has 0 radical (unpaired) electrons. The van der Waals surface area contributed by atoms with Crippen molar-refractivity contribution in [3.8, 4) is 0 Å². The quantitative estimate of drug-likeness (QED) is 0.916. The molecule has 3 heteroatoms. The lowest BCUT2D eigenvalue weighted by Crippen LogP contribution is -2.56. The number of rotatable bonds is 3. The molecule has 2 heterocycles. The highest BCUT2D eigenvalue weighted by Gasteiger charge is 2.40. The summed E-state index contributed by atoms with van der Waals surface area (Å²) in [4.78, 5) is 7.08. The number of nitrogens with zero attached hydrogens (tertiary/aromatic N) is 2. The number of hydrogen-bond donors (Lipinski definition) is 1. The van der Waals surface area contributed by atoms with Gasteiger partial charge in [0.05, 0.1) is 11.4 Å². The van der Waals surface area contributed by atoms with Gasteiger partial charge < -0.3 is 10.2 Å². The molecule has 3 nitrogen and oxygen atoms in total. The van der Waals surface area contributed by atoms with Crippen LogP contribution in [0.25, 0.3) is 0 Å². The Bertz CT molecular complexity index is 443. The topological polar surface area (TPSA) is 28.2 Å². The maximum absolute atomic E-state index is 4.41. The van der Waals surface area contributed by atoms with E-state index in [1.54, 1.807) is 0 Å². The van der Waals surface area contributed by atoms with Crippen molar-refractivity contribution in [2.24, 2.45) is 11.8 Å². The summed E-state index contributed by atoms with van der Waals surface area (Å²) in [5, 5.41) is 3.82. The molecule has 1 N–H and O–H groups in total. The first-order valence-electron chi connectivity index (χ1n) is 8.07. The second kappa shape index (κ2) is 5.72. The molecular formula is C17H27N3. The predicted octanol–water partition coefficient (Wildman–Crippen LogP) is 3.31. The Morgan fingerprint density at radius 3 is 2.55 bits per heavy atom. The van der Waals surface area contributed by atoms with E-state index in [1.165, 1.54) is 38.0 Å². The Morgan fingerprint density at radius 2 is 1.95 bits per heavy atom. The lowest BCUT2D eigenvalue weighted by atomic mass is 9.73. The average molecular weight is 273 g/mol. The van der Waals surface area contributed by atoms with Gasteiger partial charge in [-0.2, -0.15) is 0 Å². The second-order valence-corrected chi connectivity index (χ2v) is 6.81. The molecule has 2 aliphatic rings. The third-order valence-corrected chi connectivity index (χ3v) is 5.16. The molecular weight excluding hydrogens is 246 g/mol. The number of aryl methyl sites for hydroxylation is 1. The number of likely N-dealkylation sites (tertiary alicyclic amines) is 1. The summed E-state index contributed by atoms with van der Waals surface area (Å²) >= 11 is 0. The number of piperidine rings is 1. The molecule has 3 rings (SSSR count). The van der Waals surface area contributed by atoms with Crippen LogP contribution in [0.2, 0.25) is 0 Å². The van der Waals surface area contributed by atoms with E-state index in [0.717, 1.165) is 17.5 Å². The minimum Gasteiger partial charge on any atom is -0.380 e. The minimum atomic E-state index is 0.640. The van der Waals surface area contributed by atoms with Crippen molar-refractivity contribution in [1.82, 2.24) is 9.88 Å². The van der Waals surface area contributed by atoms with Gasteiger partial charge in [0.15, 0.2) is 0 Å². The molecule has 1 aliphatic heterocycles. The van der Waals surface area contributed by atoms with Crippen LogP contribution in [0, 0.1) is 18.8 Å². The molecule has 0 aromatic carbocycles. The number of aromatic nitrogens is 1. The van der Waals surface area contributed by atoms with Crippen molar-refractivity contribution in [3.05, 3.63) is 24.0 Å². The first kappa shape index (κ1) is 13.9. The first-order valence-corrected chi connectivity index (χ1v) is 8.07. The van der Waals surface area contributed by atoms with Crippen LogP contribution in [0.1, 0.15) is 38.8 Å². The molecule has 1 aliphatic carbocycles. The summed E-state index contributed by atoms with van der Waals surface area (Å²) in [6, 6.07) is 5.53. The molecule has 0 spiro atoms. The number of fused-ring (bicyclic) bond motifs is 2. The van der Waals surface area contributed by atoms with E-state index in [2.05, 4.69) is 42.0 Å². The van der Waals surface area contributed by atoms with Crippen molar-refractivity contribution in [2.75, 3.05) is 18.4 Å². The van der Waals surface area contributed by atoms with E-state index in [1.807, 2.05) is 12.3 Å². The molecule has 2 unspecified atom stereocenters. The fraction of sp³-hybridized carbons (Fsp3) is 0.706. The zero-order valence-corrected chi connectivity index (χ0v) is 13.0. The van der Waals surface area contributed by atoms with Crippen LogP contribution in [0.15, 0.2) is 18.3 Å². The van der Waals surface area contributed by atoms with Crippen molar-refractivity contribution >= 4 is 5.69 Å². The van der Waals surface area contributed by atoms with Gasteiger partial charge in [0.2, 0.25) is 0 Å². The minimum absolute atomic E-state index is 0.640. The Balaban J connectivity index is 1.75. The van der Waals surface area contributed by atoms with E-state index in [-0.39, 0.29) is 0 Å². The summed E-state index contributed by atoms with van der Waals surface area (Å²) in [6.07, 6.45) is 6.03. The summed E-state index contributed by atoms with van der Waals surface area (Å²) in [5.74, 6) is 1.59. The van der Waals surface area contributed by atoms with E-state index < -0.39 is 0 Å². The van der Waals surface area contributed by atoms with Gasteiger partial charge in [-0.15, -0.1) is 0 Å². The highest BCUT2D eigenvalue weighted by Crippen LogP contribution is 2.37. The number of pyridine rings is 1. The molecule has 1 aromatic rings. The molecule has 2 bridgehead atoms. The molecule has 2 fully saturated rings. The van der Waals surface area contributed by atoms with Crippen LogP contribution in [0.5, 0.6) is 0 Å². The van der Waals surface area contributed by atoms with Crippen LogP contribution in [-0.2, 0) is 0 Å². The van der Waals surface area contributed by atoms with Gasteiger partial charge in [-0.25, -0.2) is 0 Å². The van der Waals surface area contributed by atoms with Gasteiger partial charge in [0.1, 0.15) is 0 Å². The standard InChI is InChI=1S/C17H27N3/c1-12(2)20-10-14-6-4-7-15(11-20)17(14)19-16-8-5-9-18-13(16)3/h5,8-9,12,14-15,17,19H,4,6-7,10-11H2,1-3H3. The Morgan fingerprint density at radius 1 is 1.25 bits per heavy atom.